The Morgan fingerprint density at radius 1 is 1.07 bits per heavy atom. The molecule has 1 aliphatic heterocycles. The van der Waals surface area contributed by atoms with Crippen LogP contribution in [0.15, 0.2) is 66.7 Å². The van der Waals surface area contributed by atoms with Crippen LogP contribution in [-0.4, -0.2) is 41.0 Å². The van der Waals surface area contributed by atoms with E-state index in [9.17, 15) is 14.0 Å². The maximum absolute atomic E-state index is 14.5. The number of anilines is 1. The van der Waals surface area contributed by atoms with Crippen LogP contribution in [0, 0.1) is 5.82 Å². The molecular weight excluding hydrogens is 571 g/mol. The van der Waals surface area contributed by atoms with E-state index in [2.05, 4.69) is 9.69 Å². The first-order valence-corrected chi connectivity index (χ1v) is 14.8. The third kappa shape index (κ3) is 5.98. The van der Waals surface area contributed by atoms with E-state index in [1.165, 1.54) is 17.0 Å². The van der Waals surface area contributed by atoms with Gasteiger partial charge in [-0.15, -0.1) is 0 Å². The number of nitrogens with one attached hydrogen (secondary N) is 1. The first-order valence-electron chi connectivity index (χ1n) is 14.1. The molecule has 1 saturated carbocycles. The van der Waals surface area contributed by atoms with Gasteiger partial charge in [-0.05, 0) is 84.0 Å². The Hall–Kier alpha value is -4.64. The van der Waals surface area contributed by atoms with Gasteiger partial charge in [0.1, 0.15) is 28.2 Å². The van der Waals surface area contributed by atoms with Crippen LogP contribution < -0.4 is 25.3 Å². The van der Waals surface area contributed by atoms with Crippen molar-refractivity contribution in [3.05, 3.63) is 88.6 Å². The number of halogens is 1. The number of benzene rings is 3. The van der Waals surface area contributed by atoms with Crippen LogP contribution in [0.25, 0.3) is 11.3 Å². The summed E-state index contributed by atoms with van der Waals surface area (Å²) >= 11 is 0.949. The number of nitrogen functional groups attached to an aromatic ring is 1. The van der Waals surface area contributed by atoms with Crippen LogP contribution in [0.4, 0.5) is 10.1 Å². The topological polar surface area (TPSA) is 116 Å². The largest absolute Gasteiger partial charge is 0.497 e. The zero-order valence-electron chi connectivity index (χ0n) is 23.5. The van der Waals surface area contributed by atoms with Crippen LogP contribution in [-0.2, 0) is 11.3 Å². The molecule has 9 nitrogen and oxygen atoms in total. The highest BCUT2D eigenvalue weighted by Gasteiger charge is 2.36. The van der Waals surface area contributed by atoms with Crippen LogP contribution in [0.1, 0.15) is 52.5 Å². The normalized spacial score (nSPS) is 14.8. The SMILES string of the molecule is COc1ccc([C@@H](C(=O)NC2CCCC2)N(Cc2ccc3c(c2)OCO3)C(=O)c2snc(-c3ccc(F)cc3)c2N)cc1. The number of hydrogen-bond donors (Lipinski definition) is 2. The van der Waals surface area contributed by atoms with Crippen LogP contribution in [0.3, 0.4) is 0 Å². The van der Waals surface area contributed by atoms with Crippen molar-refractivity contribution >= 4 is 29.0 Å². The Morgan fingerprint density at radius 2 is 1.79 bits per heavy atom. The lowest BCUT2D eigenvalue weighted by atomic mass is 10.0. The summed E-state index contributed by atoms with van der Waals surface area (Å²) in [6.07, 6.45) is 3.86. The molecule has 2 aliphatic rings. The summed E-state index contributed by atoms with van der Waals surface area (Å²) in [7, 11) is 1.57. The number of carbonyl (C=O) groups is 2. The number of fused-ring (bicyclic) bond motifs is 1. The summed E-state index contributed by atoms with van der Waals surface area (Å²) < 4.78 is 34.4. The second-order valence-corrected chi connectivity index (χ2v) is 11.3. The number of carbonyl (C=O) groups excluding carboxylic acids is 2. The molecule has 2 heterocycles. The van der Waals surface area contributed by atoms with E-state index in [0.717, 1.165) is 42.8 Å². The third-order valence-electron chi connectivity index (χ3n) is 7.78. The fourth-order valence-corrected chi connectivity index (χ4v) is 6.30. The number of amides is 2. The predicted octanol–water partition coefficient (Wildman–Crippen LogP) is 5.71. The summed E-state index contributed by atoms with van der Waals surface area (Å²) in [6, 6.07) is 17.4. The van der Waals surface area contributed by atoms with Crippen molar-refractivity contribution in [2.45, 2.75) is 44.3 Å². The number of rotatable bonds is 9. The monoisotopic (exact) mass is 602 g/mol. The summed E-state index contributed by atoms with van der Waals surface area (Å²) in [5.41, 5.74) is 9.01. The molecule has 4 aromatic rings. The molecule has 1 fully saturated rings. The van der Waals surface area contributed by atoms with Gasteiger partial charge in [0.2, 0.25) is 12.7 Å². The molecule has 11 heteroatoms. The van der Waals surface area contributed by atoms with Crippen LogP contribution >= 0.6 is 11.5 Å². The number of methoxy groups -OCH3 is 1. The van der Waals surface area contributed by atoms with Gasteiger partial charge in [0, 0.05) is 18.2 Å². The van der Waals surface area contributed by atoms with Gasteiger partial charge in [-0.1, -0.05) is 31.0 Å². The molecular formula is C32H31FN4O5S. The highest BCUT2D eigenvalue weighted by molar-refractivity contribution is 7.09. The smallest absolute Gasteiger partial charge is 0.268 e. The third-order valence-corrected chi connectivity index (χ3v) is 8.63. The first-order chi connectivity index (χ1) is 20.9. The van der Waals surface area contributed by atoms with Crippen molar-refractivity contribution in [2.24, 2.45) is 0 Å². The van der Waals surface area contributed by atoms with Gasteiger partial charge in [0.15, 0.2) is 11.5 Å². The Morgan fingerprint density at radius 3 is 2.51 bits per heavy atom. The molecule has 0 spiro atoms. The average molecular weight is 603 g/mol. The van der Waals surface area contributed by atoms with E-state index in [0.29, 0.717) is 34.1 Å². The zero-order valence-corrected chi connectivity index (χ0v) is 24.4. The fourth-order valence-electron chi connectivity index (χ4n) is 5.52. The molecule has 222 valence electrons. The van der Waals surface area contributed by atoms with Gasteiger partial charge in [-0.2, -0.15) is 4.37 Å². The Balaban J connectivity index is 1.42. The highest BCUT2D eigenvalue weighted by atomic mass is 32.1. The van der Waals surface area contributed by atoms with Gasteiger partial charge in [-0.25, -0.2) is 4.39 Å². The fraction of sp³-hybridized carbons (Fsp3) is 0.281. The molecule has 43 heavy (non-hydrogen) atoms. The van der Waals surface area contributed by atoms with Crippen molar-refractivity contribution in [1.82, 2.24) is 14.6 Å². The van der Waals surface area contributed by atoms with Crippen molar-refractivity contribution < 1.29 is 28.2 Å². The van der Waals surface area contributed by atoms with Crippen molar-refractivity contribution in [3.8, 4) is 28.5 Å². The quantitative estimate of drug-likeness (QED) is 0.252. The minimum absolute atomic E-state index is 0.0364. The number of aromatic nitrogens is 1. The van der Waals surface area contributed by atoms with E-state index in [1.54, 1.807) is 49.6 Å². The molecule has 3 aromatic carbocycles. The first kappa shape index (κ1) is 28.5. The molecule has 1 atom stereocenters. The minimum Gasteiger partial charge on any atom is -0.497 e. The average Bonchev–Trinajstić information content (AvgIpc) is 3.79. The number of nitrogens with two attached hydrogens (primary N) is 1. The number of hydrogen-bond acceptors (Lipinski definition) is 8. The van der Waals surface area contributed by atoms with E-state index >= 15 is 0 Å². The summed E-state index contributed by atoms with van der Waals surface area (Å²) in [6.45, 7) is 0.191. The molecule has 3 N–H and O–H groups in total. The van der Waals surface area contributed by atoms with E-state index in [4.69, 9.17) is 19.9 Å². The van der Waals surface area contributed by atoms with E-state index in [1.807, 2.05) is 12.1 Å². The highest BCUT2D eigenvalue weighted by Crippen LogP contribution is 2.37. The second-order valence-electron chi connectivity index (χ2n) is 10.6. The predicted molar refractivity (Wildman–Crippen MR) is 160 cm³/mol. The van der Waals surface area contributed by atoms with E-state index < -0.39 is 11.9 Å². The second kappa shape index (κ2) is 12.3. The van der Waals surface area contributed by atoms with Crippen molar-refractivity contribution in [1.29, 1.82) is 0 Å². The van der Waals surface area contributed by atoms with Gasteiger partial charge in [0.05, 0.1) is 12.8 Å². The summed E-state index contributed by atoms with van der Waals surface area (Å²) in [5, 5.41) is 3.18. The molecule has 1 aliphatic carbocycles. The molecule has 6 rings (SSSR count). The van der Waals surface area contributed by atoms with Crippen LogP contribution in [0.2, 0.25) is 0 Å². The molecule has 1 aromatic heterocycles. The van der Waals surface area contributed by atoms with Gasteiger partial charge in [-0.3, -0.25) is 9.59 Å². The summed E-state index contributed by atoms with van der Waals surface area (Å²) in [5.74, 6) is 0.680. The lowest BCUT2D eigenvalue weighted by Crippen LogP contribution is -2.45. The molecule has 0 unspecified atom stereocenters. The van der Waals surface area contributed by atoms with Crippen molar-refractivity contribution in [2.75, 3.05) is 19.6 Å². The van der Waals surface area contributed by atoms with Gasteiger partial charge in [0.25, 0.3) is 5.91 Å². The number of nitrogens with zero attached hydrogens (tertiary/aromatic N) is 2. The lowest BCUT2D eigenvalue weighted by Gasteiger charge is -2.32. The summed E-state index contributed by atoms with van der Waals surface area (Å²) in [4.78, 5) is 30.3. The van der Waals surface area contributed by atoms with E-state index in [-0.39, 0.29) is 41.7 Å². The Kier molecular flexibility index (Phi) is 8.15. The Bertz CT molecular complexity index is 1620. The Labute approximate surface area is 252 Å². The van der Waals surface area contributed by atoms with Gasteiger partial charge >= 0.3 is 0 Å². The molecule has 0 radical (unpaired) electrons. The zero-order chi connectivity index (χ0) is 29.9. The minimum atomic E-state index is -0.986. The molecule has 0 bridgehead atoms. The number of ether oxygens (including phenoxy) is 3. The molecule has 2 amide bonds. The standard InChI is InChI=1S/C32H31FN4O5S/c1-40-24-13-9-21(10-14-24)29(31(38)35-23-4-2-3-5-23)37(17-19-6-15-25-26(16-19)42-18-41-25)32(39)30-27(34)28(36-43-30)20-7-11-22(33)12-8-20/h6-16,23,29H,2-5,17-18,34H2,1H3,(H,35,38)/t29-/m0/s1. The lowest BCUT2D eigenvalue weighted by molar-refractivity contribution is -0.126. The maximum Gasteiger partial charge on any atom is 0.268 e. The van der Waals surface area contributed by atoms with Crippen molar-refractivity contribution in [3.63, 3.8) is 0 Å². The molecule has 0 saturated heterocycles. The van der Waals surface area contributed by atoms with Gasteiger partial charge < -0.3 is 30.2 Å². The van der Waals surface area contributed by atoms with Crippen LogP contribution in [0.5, 0.6) is 17.2 Å². The maximum atomic E-state index is 14.5.